The normalized spacial score (nSPS) is 14.7. The SMILES string of the molecule is CCCNC(=O)c1cccc(C(=O)NCCN2CCNC(=O)c3cccc(c3O)C(=O)NCCNC(=O)c3cc(S(=O)(=O)Cl)cc(c3O)C(=O)NCCN(CCNC(=O)c3cccc(C(=O)NCCC)c3O)CC2)c1O. The second-order valence-corrected chi connectivity index (χ2v) is 19.7. The minimum Gasteiger partial charge on any atom is -0.506 e. The summed E-state index contributed by atoms with van der Waals surface area (Å²) in [5.41, 5.74) is -2.32. The molecule has 0 aromatic heterocycles. The summed E-state index contributed by atoms with van der Waals surface area (Å²) in [5, 5.41) is 65.0. The molecule has 76 heavy (non-hydrogen) atoms. The fourth-order valence-corrected chi connectivity index (χ4v) is 8.46. The van der Waals surface area contributed by atoms with Crippen molar-refractivity contribution in [3.05, 3.63) is 111 Å². The van der Waals surface area contributed by atoms with E-state index in [0.717, 1.165) is 12.1 Å². The fourth-order valence-electron chi connectivity index (χ4n) is 7.68. The second kappa shape index (κ2) is 28.1. The highest BCUT2D eigenvalue weighted by Gasteiger charge is 2.26. The summed E-state index contributed by atoms with van der Waals surface area (Å²) in [6, 6.07) is 13.8. The first-order chi connectivity index (χ1) is 36.3. The molecule has 0 atom stereocenters. The predicted octanol–water partition coefficient (Wildman–Crippen LogP) is 0.813. The van der Waals surface area contributed by atoms with Crippen LogP contribution in [0.4, 0.5) is 0 Å². The number of phenolic OH excluding ortho intramolecular Hbond substituents is 4. The zero-order chi connectivity index (χ0) is 55.5. The van der Waals surface area contributed by atoms with Gasteiger partial charge in [-0.3, -0.25) is 48.2 Å². The molecule has 12 N–H and O–H groups in total. The van der Waals surface area contributed by atoms with Gasteiger partial charge in [0.1, 0.15) is 23.0 Å². The maximum atomic E-state index is 13.7. The molecular formula is C50H61ClN10O14S. The summed E-state index contributed by atoms with van der Waals surface area (Å²) in [6.07, 6.45) is 1.28. The maximum Gasteiger partial charge on any atom is 0.261 e. The number of halogens is 1. The standard InChI is InChI=1S/C50H61ClN10O14S/c1-3-14-52-43(66)31-8-5-11-34(39(31)62)46(69)56-18-22-60-23-19-58-48(71)36-13-7-10-33(41(36)64)45(68)54-16-17-55-49(72)37-28-30(76(51,74)75)29-38(42(37)65)50(73)59-21-25-61(27-26-60)24-20-57-47(70)35-12-6-9-32(40(35)63)44(67)53-15-4-2/h5-13,28-29,62-65H,3-4,14-27H2,1-2H3,(H,52,66)(H,53,67)(H,54,68)(H,55,72)(H,56,69)(H,57,70)(H,58,71)(H,59,73). The molecule has 4 bridgehead atoms. The molecule has 0 spiro atoms. The summed E-state index contributed by atoms with van der Waals surface area (Å²) in [5.74, 6) is -8.76. The first-order valence-electron chi connectivity index (χ1n) is 24.2. The van der Waals surface area contributed by atoms with Crippen LogP contribution in [0.25, 0.3) is 0 Å². The monoisotopic (exact) mass is 1090 g/mol. The lowest BCUT2D eigenvalue weighted by molar-refractivity contribution is 0.0912. The largest absolute Gasteiger partial charge is 0.506 e. The third-order valence-electron chi connectivity index (χ3n) is 11.8. The number of aromatic hydroxyl groups is 4. The van der Waals surface area contributed by atoms with E-state index in [9.17, 15) is 67.2 Å². The Morgan fingerprint density at radius 2 is 0.803 bits per heavy atom. The van der Waals surface area contributed by atoms with Crippen molar-refractivity contribution in [3.63, 3.8) is 0 Å². The molecule has 0 fully saturated rings. The maximum absolute atomic E-state index is 13.7. The van der Waals surface area contributed by atoms with Crippen molar-refractivity contribution < 1.29 is 67.2 Å². The Labute approximate surface area is 442 Å². The van der Waals surface area contributed by atoms with Crippen LogP contribution < -0.4 is 42.5 Å². The smallest absolute Gasteiger partial charge is 0.261 e. The zero-order valence-electron chi connectivity index (χ0n) is 41.7. The van der Waals surface area contributed by atoms with Crippen LogP contribution in [0.2, 0.25) is 0 Å². The van der Waals surface area contributed by atoms with Gasteiger partial charge >= 0.3 is 0 Å². The topological polar surface area (TPSA) is 354 Å². The van der Waals surface area contributed by atoms with Crippen molar-refractivity contribution in [2.24, 2.45) is 0 Å². The van der Waals surface area contributed by atoms with E-state index in [1.54, 1.807) is 4.90 Å². The molecule has 0 saturated heterocycles. The fraction of sp³-hybridized carbons (Fsp3) is 0.360. The lowest BCUT2D eigenvalue weighted by atomic mass is 10.1. The van der Waals surface area contributed by atoms with Crippen LogP contribution in [0.15, 0.2) is 71.6 Å². The zero-order valence-corrected chi connectivity index (χ0v) is 43.3. The molecule has 0 aliphatic carbocycles. The molecule has 0 radical (unpaired) electrons. The Bertz CT molecular complexity index is 2940. The summed E-state index contributed by atoms with van der Waals surface area (Å²) >= 11 is 0. The van der Waals surface area contributed by atoms with E-state index in [4.69, 9.17) is 10.7 Å². The Balaban J connectivity index is 1.43. The lowest BCUT2D eigenvalue weighted by Crippen LogP contribution is -2.46. The minimum atomic E-state index is -4.59. The lowest BCUT2D eigenvalue weighted by Gasteiger charge is -2.28. The van der Waals surface area contributed by atoms with Crippen molar-refractivity contribution in [1.29, 1.82) is 0 Å². The summed E-state index contributed by atoms with van der Waals surface area (Å²) in [6.45, 7) is 4.26. The van der Waals surface area contributed by atoms with Crippen LogP contribution in [-0.4, -0.2) is 178 Å². The average molecular weight is 1090 g/mol. The van der Waals surface area contributed by atoms with Gasteiger partial charge in [0.05, 0.1) is 49.4 Å². The van der Waals surface area contributed by atoms with Crippen molar-refractivity contribution in [1.82, 2.24) is 52.3 Å². The number of hydrogen-bond donors (Lipinski definition) is 12. The van der Waals surface area contributed by atoms with Crippen LogP contribution in [-0.2, 0) is 9.05 Å². The van der Waals surface area contributed by atoms with Crippen molar-refractivity contribution in [2.45, 2.75) is 31.6 Å². The molecule has 4 aromatic rings. The molecule has 1 heterocycles. The number of rotatable bonds is 15. The molecule has 1 aliphatic rings. The molecule has 1 aliphatic heterocycles. The molecule has 8 amide bonds. The number of carbonyl (C=O) groups is 8. The van der Waals surface area contributed by atoms with Crippen LogP contribution >= 0.6 is 10.7 Å². The summed E-state index contributed by atoms with van der Waals surface area (Å²) in [7, 11) is 1.05. The molecular weight excluding hydrogens is 1030 g/mol. The van der Waals surface area contributed by atoms with Gasteiger partial charge in [-0.05, 0) is 61.4 Å². The predicted molar refractivity (Wildman–Crippen MR) is 278 cm³/mol. The first kappa shape index (κ1) is 58.9. The quantitative estimate of drug-likeness (QED) is 0.0733. The van der Waals surface area contributed by atoms with Gasteiger partial charge in [0.15, 0.2) is 0 Å². The third kappa shape index (κ3) is 16.0. The number of nitrogens with one attached hydrogen (secondary N) is 8. The van der Waals surface area contributed by atoms with Gasteiger partial charge in [-0.2, -0.15) is 0 Å². The molecule has 0 saturated carbocycles. The van der Waals surface area contributed by atoms with E-state index < -0.39 is 95.3 Å². The summed E-state index contributed by atoms with van der Waals surface area (Å²) < 4.78 is 25.0. The van der Waals surface area contributed by atoms with Gasteiger partial charge in [0.2, 0.25) is 0 Å². The number of nitrogens with zero attached hydrogens (tertiary/aromatic N) is 2. The number of benzene rings is 4. The van der Waals surface area contributed by atoms with E-state index >= 15 is 0 Å². The van der Waals surface area contributed by atoms with Gasteiger partial charge in [-0.25, -0.2) is 8.42 Å². The number of carbonyl (C=O) groups excluding carboxylic acids is 8. The first-order valence-corrected chi connectivity index (χ1v) is 26.6. The summed E-state index contributed by atoms with van der Waals surface area (Å²) in [4.78, 5) is 109. The third-order valence-corrected chi connectivity index (χ3v) is 13.1. The van der Waals surface area contributed by atoms with Crippen LogP contribution in [0, 0.1) is 0 Å². The Morgan fingerprint density at radius 3 is 1.16 bits per heavy atom. The van der Waals surface area contributed by atoms with E-state index in [2.05, 4.69) is 42.5 Å². The highest BCUT2D eigenvalue weighted by molar-refractivity contribution is 8.13. The van der Waals surface area contributed by atoms with E-state index in [1.165, 1.54) is 54.6 Å². The van der Waals surface area contributed by atoms with Gasteiger partial charge in [0, 0.05) is 102 Å². The number of amides is 8. The number of hydrogen-bond acceptors (Lipinski definition) is 16. The van der Waals surface area contributed by atoms with Gasteiger partial charge < -0.3 is 63.0 Å². The number of phenols is 4. The van der Waals surface area contributed by atoms with Crippen molar-refractivity contribution in [3.8, 4) is 23.0 Å². The molecule has 24 nitrogen and oxygen atoms in total. The van der Waals surface area contributed by atoms with Crippen LogP contribution in [0.5, 0.6) is 23.0 Å². The van der Waals surface area contributed by atoms with Crippen LogP contribution in [0.1, 0.15) is 110 Å². The highest BCUT2D eigenvalue weighted by Crippen LogP contribution is 2.29. The Hall–Kier alpha value is -8.00. The Kier molecular flexibility index (Phi) is 21.7. The molecule has 0 unspecified atom stereocenters. The van der Waals surface area contributed by atoms with Gasteiger partial charge in [-0.15, -0.1) is 0 Å². The van der Waals surface area contributed by atoms with Gasteiger partial charge in [0.25, 0.3) is 56.3 Å². The number of para-hydroxylation sites is 3. The van der Waals surface area contributed by atoms with Gasteiger partial charge in [-0.1, -0.05) is 32.0 Å². The highest BCUT2D eigenvalue weighted by atomic mass is 35.7. The van der Waals surface area contributed by atoms with E-state index in [0.29, 0.717) is 25.9 Å². The number of fused-ring (bicyclic) bond motifs is 4. The molecule has 408 valence electrons. The van der Waals surface area contributed by atoms with E-state index in [-0.39, 0.29) is 112 Å². The molecule has 26 heteroatoms. The minimum absolute atomic E-state index is 0.0256. The van der Waals surface area contributed by atoms with Crippen molar-refractivity contribution >= 4 is 67.0 Å². The van der Waals surface area contributed by atoms with Crippen molar-refractivity contribution in [2.75, 3.05) is 91.6 Å². The second-order valence-electron chi connectivity index (χ2n) is 17.1. The molecule has 5 rings (SSSR count). The Morgan fingerprint density at radius 1 is 0.487 bits per heavy atom. The van der Waals surface area contributed by atoms with Crippen LogP contribution in [0.3, 0.4) is 0 Å². The average Bonchev–Trinajstić information content (AvgIpc) is 3.39. The molecule has 4 aromatic carbocycles. The van der Waals surface area contributed by atoms with E-state index in [1.807, 2.05) is 18.7 Å².